The standard InChI is InChI=1S/C23H32N2O4/c1-23(2,3)16-8-10-17(11-9-16)29-15-13-24-20(26)12-14-25-21(27)18-6-4-5-7-19(18)22(25)28/h8-11,18-19H,4-7,12-15H2,1-3H3,(H,24,26)/t18-,19+. The summed E-state index contributed by atoms with van der Waals surface area (Å²) >= 11 is 0. The molecule has 3 rings (SSSR count). The minimum atomic E-state index is -0.174. The first-order valence-electron chi connectivity index (χ1n) is 10.6. The number of fused-ring (bicyclic) bond motifs is 1. The predicted molar refractivity (Wildman–Crippen MR) is 110 cm³/mol. The second-order valence-corrected chi connectivity index (χ2v) is 9.05. The first-order chi connectivity index (χ1) is 13.8. The highest BCUT2D eigenvalue weighted by Gasteiger charge is 2.47. The van der Waals surface area contributed by atoms with Gasteiger partial charge in [-0.3, -0.25) is 19.3 Å². The Morgan fingerprint density at radius 1 is 1.07 bits per heavy atom. The molecule has 2 aliphatic rings. The van der Waals surface area contributed by atoms with Crippen molar-refractivity contribution in [3.8, 4) is 5.75 Å². The summed E-state index contributed by atoms with van der Waals surface area (Å²) in [4.78, 5) is 38.2. The fourth-order valence-electron chi connectivity index (χ4n) is 4.16. The Kier molecular flexibility index (Phi) is 6.60. The Balaban J connectivity index is 1.36. The van der Waals surface area contributed by atoms with Crippen molar-refractivity contribution in [3.63, 3.8) is 0 Å². The third-order valence-corrected chi connectivity index (χ3v) is 5.91. The molecule has 2 atom stereocenters. The molecule has 158 valence electrons. The molecule has 0 aromatic heterocycles. The van der Waals surface area contributed by atoms with Gasteiger partial charge in [0.2, 0.25) is 17.7 Å². The zero-order chi connectivity index (χ0) is 21.0. The van der Waals surface area contributed by atoms with E-state index in [0.717, 1.165) is 31.4 Å². The molecule has 0 radical (unpaired) electrons. The summed E-state index contributed by atoms with van der Waals surface area (Å²) in [6.07, 6.45) is 3.75. The quantitative estimate of drug-likeness (QED) is 0.564. The van der Waals surface area contributed by atoms with Gasteiger partial charge in [-0.1, -0.05) is 45.7 Å². The summed E-state index contributed by atoms with van der Waals surface area (Å²) in [5.41, 5.74) is 1.34. The number of hydrogen-bond donors (Lipinski definition) is 1. The Labute approximate surface area is 173 Å². The van der Waals surface area contributed by atoms with Crippen LogP contribution in [0.5, 0.6) is 5.75 Å². The van der Waals surface area contributed by atoms with Crippen LogP contribution in [-0.4, -0.2) is 42.3 Å². The molecule has 0 bridgehead atoms. The Hall–Kier alpha value is -2.37. The summed E-state index contributed by atoms with van der Waals surface area (Å²) in [6.45, 7) is 7.41. The van der Waals surface area contributed by atoms with E-state index in [1.165, 1.54) is 10.5 Å². The number of imide groups is 1. The van der Waals surface area contributed by atoms with E-state index in [9.17, 15) is 14.4 Å². The maximum absolute atomic E-state index is 12.4. The molecule has 1 aromatic carbocycles. The zero-order valence-corrected chi connectivity index (χ0v) is 17.7. The third kappa shape index (κ3) is 5.17. The number of carbonyl (C=O) groups is 3. The zero-order valence-electron chi connectivity index (χ0n) is 17.7. The molecule has 6 nitrogen and oxygen atoms in total. The summed E-state index contributed by atoms with van der Waals surface area (Å²) in [6, 6.07) is 7.98. The first-order valence-corrected chi connectivity index (χ1v) is 10.6. The van der Waals surface area contributed by atoms with Crippen molar-refractivity contribution in [3.05, 3.63) is 29.8 Å². The van der Waals surface area contributed by atoms with Crippen molar-refractivity contribution in [2.75, 3.05) is 19.7 Å². The van der Waals surface area contributed by atoms with Crippen molar-refractivity contribution in [2.45, 2.75) is 58.3 Å². The number of benzene rings is 1. The maximum atomic E-state index is 12.4. The van der Waals surface area contributed by atoms with Crippen LogP contribution in [0.3, 0.4) is 0 Å². The first kappa shape index (κ1) is 21.3. The minimum absolute atomic E-state index is 0.0884. The summed E-state index contributed by atoms with van der Waals surface area (Å²) in [7, 11) is 0. The molecular formula is C23H32N2O4. The smallest absolute Gasteiger partial charge is 0.233 e. The van der Waals surface area contributed by atoms with Crippen LogP contribution in [0.4, 0.5) is 0 Å². The van der Waals surface area contributed by atoms with Gasteiger partial charge in [0.15, 0.2) is 0 Å². The van der Waals surface area contributed by atoms with Crippen LogP contribution < -0.4 is 10.1 Å². The molecule has 1 saturated carbocycles. The van der Waals surface area contributed by atoms with E-state index in [-0.39, 0.29) is 47.9 Å². The summed E-state index contributed by atoms with van der Waals surface area (Å²) in [5, 5.41) is 2.79. The lowest BCUT2D eigenvalue weighted by atomic mass is 9.81. The number of likely N-dealkylation sites (tertiary alicyclic amines) is 1. The Morgan fingerprint density at radius 3 is 2.21 bits per heavy atom. The molecule has 1 saturated heterocycles. The lowest BCUT2D eigenvalue weighted by Crippen LogP contribution is -2.36. The minimum Gasteiger partial charge on any atom is -0.492 e. The number of carbonyl (C=O) groups excluding carboxylic acids is 3. The Bertz CT molecular complexity index is 727. The number of rotatable bonds is 7. The van der Waals surface area contributed by atoms with Gasteiger partial charge >= 0.3 is 0 Å². The molecule has 0 unspecified atom stereocenters. The van der Waals surface area contributed by atoms with E-state index in [1.807, 2.05) is 12.1 Å². The molecule has 1 N–H and O–H groups in total. The van der Waals surface area contributed by atoms with Gasteiger partial charge in [-0.05, 0) is 36.0 Å². The van der Waals surface area contributed by atoms with E-state index >= 15 is 0 Å². The number of hydrogen-bond acceptors (Lipinski definition) is 4. The fraction of sp³-hybridized carbons (Fsp3) is 0.609. The van der Waals surface area contributed by atoms with Gasteiger partial charge < -0.3 is 10.1 Å². The van der Waals surface area contributed by atoms with Crippen molar-refractivity contribution >= 4 is 17.7 Å². The second kappa shape index (κ2) is 8.97. The average Bonchev–Trinajstić information content (AvgIpc) is 2.94. The van der Waals surface area contributed by atoms with Crippen LogP contribution in [0.1, 0.15) is 58.4 Å². The average molecular weight is 401 g/mol. The SMILES string of the molecule is CC(C)(C)c1ccc(OCCNC(=O)CCN2C(=O)[C@H]3CCCC[C@H]3C2=O)cc1. The third-order valence-electron chi connectivity index (χ3n) is 5.91. The van der Waals surface area contributed by atoms with E-state index in [4.69, 9.17) is 4.74 Å². The number of nitrogens with one attached hydrogen (secondary N) is 1. The number of ether oxygens (including phenoxy) is 1. The van der Waals surface area contributed by atoms with Crippen LogP contribution in [0, 0.1) is 11.8 Å². The largest absolute Gasteiger partial charge is 0.492 e. The molecule has 6 heteroatoms. The molecule has 2 fully saturated rings. The van der Waals surface area contributed by atoms with E-state index in [0.29, 0.717) is 13.2 Å². The highest BCUT2D eigenvalue weighted by molar-refractivity contribution is 6.05. The van der Waals surface area contributed by atoms with Gasteiger partial charge in [-0.15, -0.1) is 0 Å². The molecular weight excluding hydrogens is 368 g/mol. The topological polar surface area (TPSA) is 75.7 Å². The van der Waals surface area contributed by atoms with Gasteiger partial charge in [0.1, 0.15) is 12.4 Å². The molecule has 29 heavy (non-hydrogen) atoms. The van der Waals surface area contributed by atoms with E-state index < -0.39 is 0 Å². The van der Waals surface area contributed by atoms with Crippen LogP contribution in [0.25, 0.3) is 0 Å². The summed E-state index contributed by atoms with van der Waals surface area (Å²) in [5.74, 6) is 0.106. The monoisotopic (exact) mass is 400 g/mol. The van der Waals surface area contributed by atoms with E-state index in [1.54, 1.807) is 0 Å². The van der Waals surface area contributed by atoms with E-state index in [2.05, 4.69) is 38.2 Å². The number of amides is 3. The van der Waals surface area contributed by atoms with Gasteiger partial charge in [0.25, 0.3) is 0 Å². The second-order valence-electron chi connectivity index (χ2n) is 9.05. The maximum Gasteiger partial charge on any atom is 0.233 e. The molecule has 1 aliphatic carbocycles. The van der Waals surface area contributed by atoms with Crippen LogP contribution >= 0.6 is 0 Å². The van der Waals surface area contributed by atoms with Crippen molar-refractivity contribution in [1.29, 1.82) is 0 Å². The van der Waals surface area contributed by atoms with Crippen molar-refractivity contribution < 1.29 is 19.1 Å². The van der Waals surface area contributed by atoms with Crippen LogP contribution in [0.2, 0.25) is 0 Å². The lowest BCUT2D eigenvalue weighted by molar-refractivity contribution is -0.140. The molecule has 1 heterocycles. The van der Waals surface area contributed by atoms with Crippen molar-refractivity contribution in [1.82, 2.24) is 10.2 Å². The fourth-order valence-corrected chi connectivity index (χ4v) is 4.16. The molecule has 0 spiro atoms. The predicted octanol–water partition coefficient (Wildman–Crippen LogP) is 3.04. The highest BCUT2D eigenvalue weighted by atomic mass is 16.5. The van der Waals surface area contributed by atoms with Gasteiger partial charge in [0.05, 0.1) is 18.4 Å². The molecule has 1 aliphatic heterocycles. The van der Waals surface area contributed by atoms with Gasteiger partial charge in [0, 0.05) is 13.0 Å². The van der Waals surface area contributed by atoms with Crippen molar-refractivity contribution in [2.24, 2.45) is 11.8 Å². The number of nitrogens with zero attached hydrogens (tertiary/aromatic N) is 1. The van der Waals surface area contributed by atoms with Gasteiger partial charge in [-0.2, -0.15) is 0 Å². The van der Waals surface area contributed by atoms with Crippen LogP contribution in [0.15, 0.2) is 24.3 Å². The lowest BCUT2D eigenvalue weighted by Gasteiger charge is -2.19. The molecule has 1 aromatic rings. The Morgan fingerprint density at radius 2 is 1.66 bits per heavy atom. The normalized spacial score (nSPS) is 21.8. The van der Waals surface area contributed by atoms with Crippen LogP contribution in [-0.2, 0) is 19.8 Å². The molecule has 3 amide bonds. The highest BCUT2D eigenvalue weighted by Crippen LogP contribution is 2.37. The summed E-state index contributed by atoms with van der Waals surface area (Å²) < 4.78 is 5.67. The van der Waals surface area contributed by atoms with Gasteiger partial charge in [-0.25, -0.2) is 0 Å².